The first-order valence-electron chi connectivity index (χ1n) is 6.43. The summed E-state index contributed by atoms with van der Waals surface area (Å²) in [5.74, 6) is 0.368. The zero-order valence-corrected chi connectivity index (χ0v) is 12.7. The first-order valence-corrected chi connectivity index (χ1v) is 7.87. The molecule has 0 bridgehead atoms. The van der Waals surface area contributed by atoms with Gasteiger partial charge in [-0.1, -0.05) is 5.16 Å². The van der Waals surface area contributed by atoms with Crippen LogP contribution in [0, 0.1) is 13.8 Å². The highest BCUT2D eigenvalue weighted by Crippen LogP contribution is 2.26. The summed E-state index contributed by atoms with van der Waals surface area (Å²) in [5.41, 5.74) is 0.437. The van der Waals surface area contributed by atoms with E-state index in [0.717, 1.165) is 12.8 Å². The maximum atomic E-state index is 12.6. The molecule has 2 rings (SSSR count). The van der Waals surface area contributed by atoms with Crippen LogP contribution in [0.15, 0.2) is 9.42 Å². The van der Waals surface area contributed by atoms with E-state index < -0.39 is 10.0 Å². The van der Waals surface area contributed by atoms with Gasteiger partial charge in [-0.25, -0.2) is 8.42 Å². The van der Waals surface area contributed by atoms with Crippen molar-refractivity contribution in [1.82, 2.24) is 14.4 Å². The van der Waals surface area contributed by atoms with Crippen LogP contribution in [0.5, 0.6) is 0 Å². The van der Waals surface area contributed by atoms with Gasteiger partial charge in [0, 0.05) is 19.1 Å². The van der Waals surface area contributed by atoms with Gasteiger partial charge in [-0.15, -0.1) is 0 Å². The Kier molecular flexibility index (Phi) is 3.98. The lowest BCUT2D eigenvalue weighted by molar-refractivity contribution is 0.196. The number of piperidine rings is 1. The molecule has 0 aromatic carbocycles. The zero-order chi connectivity index (χ0) is 14.2. The number of sulfonamides is 1. The highest BCUT2D eigenvalue weighted by molar-refractivity contribution is 7.89. The molecule has 0 atom stereocenters. The molecule has 0 N–H and O–H groups in total. The van der Waals surface area contributed by atoms with Gasteiger partial charge in [0.25, 0.3) is 0 Å². The fourth-order valence-corrected chi connectivity index (χ4v) is 4.33. The van der Waals surface area contributed by atoms with Crippen molar-refractivity contribution in [3.63, 3.8) is 0 Å². The van der Waals surface area contributed by atoms with Crippen LogP contribution in [-0.2, 0) is 10.0 Å². The first-order chi connectivity index (χ1) is 8.84. The second kappa shape index (κ2) is 5.22. The van der Waals surface area contributed by atoms with E-state index in [-0.39, 0.29) is 4.90 Å². The summed E-state index contributed by atoms with van der Waals surface area (Å²) in [6, 6.07) is 0.455. The molecular formula is C12H21N3O3S. The van der Waals surface area contributed by atoms with Crippen molar-refractivity contribution in [2.24, 2.45) is 0 Å². The first kappa shape index (κ1) is 14.5. The predicted molar refractivity (Wildman–Crippen MR) is 71.4 cm³/mol. The van der Waals surface area contributed by atoms with Gasteiger partial charge in [0.2, 0.25) is 10.0 Å². The molecule has 1 aromatic rings. The van der Waals surface area contributed by atoms with Crippen LogP contribution in [0.1, 0.15) is 24.3 Å². The molecule has 1 fully saturated rings. The van der Waals surface area contributed by atoms with Crippen LogP contribution in [0.25, 0.3) is 0 Å². The standard InChI is InChI=1S/C12H21N3O3S/c1-9-12(10(2)18-13-9)19(16,17)15-7-5-11(6-8-15)14(3)4/h11H,5-8H2,1-4H3. The third-order valence-corrected chi connectivity index (χ3v) is 5.86. The summed E-state index contributed by atoms with van der Waals surface area (Å²) < 4.78 is 31.7. The van der Waals surface area contributed by atoms with Crippen molar-refractivity contribution in [3.05, 3.63) is 11.5 Å². The van der Waals surface area contributed by atoms with Crippen molar-refractivity contribution in [2.75, 3.05) is 27.2 Å². The summed E-state index contributed by atoms with van der Waals surface area (Å²) in [5, 5.41) is 3.73. The Morgan fingerprint density at radius 2 is 1.84 bits per heavy atom. The molecule has 6 nitrogen and oxygen atoms in total. The zero-order valence-electron chi connectivity index (χ0n) is 11.9. The summed E-state index contributed by atoms with van der Waals surface area (Å²) in [7, 11) is 0.591. The van der Waals surface area contributed by atoms with Crippen LogP contribution in [0.4, 0.5) is 0 Å². The minimum absolute atomic E-state index is 0.232. The molecule has 1 saturated heterocycles. The van der Waals surface area contributed by atoms with Crippen LogP contribution in [0.2, 0.25) is 0 Å². The fourth-order valence-electron chi connectivity index (χ4n) is 2.57. The van der Waals surface area contributed by atoms with Gasteiger partial charge in [0.05, 0.1) is 0 Å². The Balaban J connectivity index is 2.19. The average molecular weight is 287 g/mol. The predicted octanol–water partition coefficient (Wildman–Crippen LogP) is 1.01. The smallest absolute Gasteiger partial charge is 0.248 e. The highest BCUT2D eigenvalue weighted by Gasteiger charge is 2.34. The number of rotatable bonds is 3. The SMILES string of the molecule is Cc1noc(C)c1S(=O)(=O)N1CCC(N(C)C)CC1. The van der Waals surface area contributed by atoms with Crippen molar-refractivity contribution in [3.8, 4) is 0 Å². The van der Waals surface area contributed by atoms with E-state index in [1.807, 2.05) is 14.1 Å². The largest absolute Gasteiger partial charge is 0.360 e. The molecule has 0 unspecified atom stereocenters. The van der Waals surface area contributed by atoms with Crippen LogP contribution in [-0.4, -0.2) is 56.0 Å². The number of nitrogens with zero attached hydrogens (tertiary/aromatic N) is 3. The maximum absolute atomic E-state index is 12.6. The topological polar surface area (TPSA) is 66.7 Å². The molecule has 1 aliphatic rings. The summed E-state index contributed by atoms with van der Waals surface area (Å²) in [6.07, 6.45) is 1.71. The molecule has 1 aromatic heterocycles. The molecule has 0 aliphatic carbocycles. The van der Waals surface area contributed by atoms with Crippen molar-refractivity contribution in [1.29, 1.82) is 0 Å². The molecule has 1 aliphatic heterocycles. The average Bonchev–Trinajstić information content (AvgIpc) is 2.69. The van der Waals surface area contributed by atoms with Gasteiger partial charge in [-0.2, -0.15) is 4.31 Å². The number of aromatic nitrogens is 1. The lowest BCUT2D eigenvalue weighted by Crippen LogP contribution is -2.44. The normalized spacial score (nSPS) is 19.2. The second-order valence-electron chi connectivity index (χ2n) is 5.25. The maximum Gasteiger partial charge on any atom is 0.248 e. The molecule has 7 heteroatoms. The third-order valence-electron chi connectivity index (χ3n) is 3.72. The summed E-state index contributed by atoms with van der Waals surface area (Å²) in [6.45, 7) is 4.40. The minimum atomic E-state index is -3.47. The van der Waals surface area contributed by atoms with Crippen molar-refractivity contribution >= 4 is 10.0 Å². The molecule has 2 heterocycles. The lowest BCUT2D eigenvalue weighted by Gasteiger charge is -2.34. The van der Waals surface area contributed by atoms with E-state index in [1.165, 1.54) is 0 Å². The van der Waals surface area contributed by atoms with Gasteiger partial charge < -0.3 is 9.42 Å². The molecule has 0 spiro atoms. The molecule has 0 amide bonds. The van der Waals surface area contributed by atoms with Crippen molar-refractivity contribution < 1.29 is 12.9 Å². The fraction of sp³-hybridized carbons (Fsp3) is 0.750. The Hall–Kier alpha value is -0.920. The van der Waals surface area contributed by atoms with E-state index in [9.17, 15) is 8.42 Å². The second-order valence-corrected chi connectivity index (χ2v) is 7.13. The molecule has 108 valence electrons. The quantitative estimate of drug-likeness (QED) is 0.830. The van der Waals surface area contributed by atoms with E-state index in [2.05, 4.69) is 10.1 Å². The third kappa shape index (κ3) is 2.68. The van der Waals surface area contributed by atoms with Gasteiger partial charge >= 0.3 is 0 Å². The minimum Gasteiger partial charge on any atom is -0.360 e. The van der Waals surface area contributed by atoms with E-state index in [4.69, 9.17) is 4.52 Å². The molecule has 0 radical (unpaired) electrons. The molecule has 19 heavy (non-hydrogen) atoms. The van der Waals surface area contributed by atoms with Gasteiger partial charge in [-0.05, 0) is 40.8 Å². The summed E-state index contributed by atoms with van der Waals surface area (Å²) in [4.78, 5) is 2.38. The van der Waals surface area contributed by atoms with E-state index in [1.54, 1.807) is 18.2 Å². The Morgan fingerprint density at radius 3 is 2.26 bits per heavy atom. The number of aryl methyl sites for hydroxylation is 2. The molecular weight excluding hydrogens is 266 g/mol. The van der Waals surface area contributed by atoms with Crippen LogP contribution >= 0.6 is 0 Å². The Labute approximate surface area is 114 Å². The summed E-state index contributed by atoms with van der Waals surface area (Å²) >= 11 is 0. The van der Waals surface area contributed by atoms with Crippen LogP contribution < -0.4 is 0 Å². The monoisotopic (exact) mass is 287 g/mol. The highest BCUT2D eigenvalue weighted by atomic mass is 32.2. The lowest BCUT2D eigenvalue weighted by atomic mass is 10.1. The van der Waals surface area contributed by atoms with Gasteiger partial charge in [0.15, 0.2) is 5.76 Å². The Bertz CT molecular complexity index is 523. The van der Waals surface area contributed by atoms with E-state index >= 15 is 0 Å². The van der Waals surface area contributed by atoms with E-state index in [0.29, 0.717) is 30.6 Å². The number of hydrogen-bond acceptors (Lipinski definition) is 5. The van der Waals surface area contributed by atoms with Gasteiger partial charge in [0.1, 0.15) is 10.6 Å². The Morgan fingerprint density at radius 1 is 1.26 bits per heavy atom. The van der Waals surface area contributed by atoms with Crippen LogP contribution in [0.3, 0.4) is 0 Å². The number of hydrogen-bond donors (Lipinski definition) is 0. The van der Waals surface area contributed by atoms with Gasteiger partial charge in [-0.3, -0.25) is 0 Å². The van der Waals surface area contributed by atoms with Crippen molar-refractivity contribution in [2.45, 2.75) is 37.6 Å². The molecule has 0 saturated carbocycles.